The molecule has 192 valence electrons. The number of aromatic nitrogens is 2. The van der Waals surface area contributed by atoms with Gasteiger partial charge in [-0.25, -0.2) is 4.98 Å². The number of rotatable bonds is 13. The third kappa shape index (κ3) is 7.26. The molecule has 3 aromatic carbocycles. The quantitative estimate of drug-likeness (QED) is 0.157. The Morgan fingerprint density at radius 2 is 1.59 bits per heavy atom. The molecular weight excluding hydrogens is 478 g/mol. The van der Waals surface area contributed by atoms with Gasteiger partial charge in [0.15, 0.2) is 5.16 Å². The highest BCUT2D eigenvalue weighted by Crippen LogP contribution is 2.36. The van der Waals surface area contributed by atoms with Crippen LogP contribution in [0.5, 0.6) is 5.75 Å². The molecule has 0 spiro atoms. The summed E-state index contributed by atoms with van der Waals surface area (Å²) in [4.78, 5) is 17.4. The van der Waals surface area contributed by atoms with Crippen LogP contribution in [0.3, 0.4) is 0 Å². The lowest BCUT2D eigenvalue weighted by atomic mass is 10.0. The maximum atomic E-state index is 12.3. The molecule has 4 aromatic rings. The number of nitrogens with one attached hydrogen (secondary N) is 1. The fourth-order valence-electron chi connectivity index (χ4n) is 4.27. The summed E-state index contributed by atoms with van der Waals surface area (Å²) in [5.41, 5.74) is 5.53. The highest BCUT2D eigenvalue weighted by atomic mass is 32.2. The number of methoxy groups -OCH3 is 1. The van der Waals surface area contributed by atoms with Crippen LogP contribution in [0.15, 0.2) is 90.1 Å². The molecule has 1 N–H and O–H groups in total. The Balaban J connectivity index is 1.35. The second kappa shape index (κ2) is 13.7. The lowest BCUT2D eigenvalue weighted by molar-refractivity contribution is -0.120. The number of hydrogen-bond donors (Lipinski definition) is 1. The highest BCUT2D eigenvalue weighted by molar-refractivity contribution is 7.99. The second-order valence-corrected chi connectivity index (χ2v) is 9.97. The van der Waals surface area contributed by atoms with Crippen molar-refractivity contribution in [3.63, 3.8) is 0 Å². The first-order chi connectivity index (χ1) is 18.2. The maximum Gasteiger partial charge on any atom is 0.224 e. The van der Waals surface area contributed by atoms with Gasteiger partial charge in [0, 0.05) is 30.0 Å². The number of ether oxygens (including phenoxy) is 1. The van der Waals surface area contributed by atoms with Crippen molar-refractivity contribution in [2.75, 3.05) is 19.4 Å². The molecular formula is C31H35N3O2S. The maximum absolute atomic E-state index is 12.3. The van der Waals surface area contributed by atoms with E-state index in [1.807, 2.05) is 30.3 Å². The van der Waals surface area contributed by atoms with Gasteiger partial charge in [-0.3, -0.25) is 4.79 Å². The predicted molar refractivity (Wildman–Crippen MR) is 153 cm³/mol. The van der Waals surface area contributed by atoms with Crippen LogP contribution in [0.2, 0.25) is 0 Å². The molecule has 37 heavy (non-hydrogen) atoms. The van der Waals surface area contributed by atoms with Crippen molar-refractivity contribution in [2.24, 2.45) is 0 Å². The van der Waals surface area contributed by atoms with E-state index in [9.17, 15) is 4.79 Å². The first kappa shape index (κ1) is 26.6. The van der Waals surface area contributed by atoms with E-state index in [2.05, 4.69) is 71.4 Å². The van der Waals surface area contributed by atoms with Crippen molar-refractivity contribution < 1.29 is 9.53 Å². The minimum Gasteiger partial charge on any atom is -0.497 e. The van der Waals surface area contributed by atoms with E-state index in [0.29, 0.717) is 13.0 Å². The summed E-state index contributed by atoms with van der Waals surface area (Å²) in [5.74, 6) is 1.81. The molecule has 1 aromatic heterocycles. The summed E-state index contributed by atoms with van der Waals surface area (Å²) < 4.78 is 7.55. The van der Waals surface area contributed by atoms with E-state index >= 15 is 0 Å². The molecule has 1 amide bonds. The van der Waals surface area contributed by atoms with Crippen LogP contribution < -0.4 is 10.1 Å². The zero-order chi connectivity index (χ0) is 25.9. The molecule has 5 nitrogen and oxygen atoms in total. The number of carbonyl (C=O) groups is 1. The Hall–Kier alpha value is -3.51. The summed E-state index contributed by atoms with van der Waals surface area (Å²) >= 11 is 1.80. The average Bonchev–Trinajstić information content (AvgIpc) is 3.30. The number of thioether (sulfide) groups is 1. The van der Waals surface area contributed by atoms with E-state index in [4.69, 9.17) is 9.72 Å². The van der Waals surface area contributed by atoms with Gasteiger partial charge < -0.3 is 14.6 Å². The number of amides is 1. The lowest BCUT2D eigenvalue weighted by Crippen LogP contribution is -2.26. The van der Waals surface area contributed by atoms with Crippen LogP contribution >= 0.6 is 11.8 Å². The van der Waals surface area contributed by atoms with E-state index < -0.39 is 0 Å². The molecule has 0 saturated heterocycles. The third-order valence-corrected chi connectivity index (χ3v) is 7.19. The van der Waals surface area contributed by atoms with Crippen molar-refractivity contribution in [1.29, 1.82) is 0 Å². The molecule has 0 saturated carbocycles. The number of imidazole rings is 1. The smallest absolute Gasteiger partial charge is 0.224 e. The van der Waals surface area contributed by atoms with Crippen LogP contribution in [0, 0.1) is 0 Å². The normalized spacial score (nSPS) is 10.9. The zero-order valence-corrected chi connectivity index (χ0v) is 22.5. The summed E-state index contributed by atoms with van der Waals surface area (Å²) in [7, 11) is 1.64. The lowest BCUT2D eigenvalue weighted by Gasteiger charge is -2.12. The number of unbranched alkanes of at least 4 members (excludes halogenated alkanes) is 1. The van der Waals surface area contributed by atoms with Crippen LogP contribution in [-0.2, 0) is 17.8 Å². The van der Waals surface area contributed by atoms with Crippen LogP contribution in [0.25, 0.3) is 22.5 Å². The first-order valence-corrected chi connectivity index (χ1v) is 13.9. The molecule has 0 aliphatic rings. The van der Waals surface area contributed by atoms with Crippen molar-refractivity contribution in [3.8, 4) is 28.3 Å². The highest BCUT2D eigenvalue weighted by Gasteiger charge is 2.19. The minimum absolute atomic E-state index is 0.0521. The Kier molecular flexibility index (Phi) is 9.83. The van der Waals surface area contributed by atoms with Crippen LogP contribution in [0.1, 0.15) is 31.7 Å². The molecule has 1 heterocycles. The molecule has 0 unspecified atom stereocenters. The number of hydrogen-bond acceptors (Lipinski definition) is 4. The molecule has 0 bridgehead atoms. The monoisotopic (exact) mass is 513 g/mol. The van der Waals surface area contributed by atoms with Gasteiger partial charge in [0.25, 0.3) is 0 Å². The SMILES string of the molecule is CCCn1c(SCCCCNC(=O)Cc2ccc(OC)cc2)nc(-c2ccccc2)c1-c1ccccc1. The molecule has 0 aliphatic heterocycles. The fourth-order valence-corrected chi connectivity index (χ4v) is 5.29. The van der Waals surface area contributed by atoms with Gasteiger partial charge >= 0.3 is 0 Å². The Bertz CT molecular complexity index is 1260. The first-order valence-electron chi connectivity index (χ1n) is 12.9. The van der Waals surface area contributed by atoms with Gasteiger partial charge in [0.05, 0.1) is 24.9 Å². The van der Waals surface area contributed by atoms with E-state index in [1.165, 1.54) is 11.3 Å². The third-order valence-electron chi connectivity index (χ3n) is 6.12. The summed E-state index contributed by atoms with van der Waals surface area (Å²) in [5, 5.41) is 4.10. The van der Waals surface area contributed by atoms with Gasteiger partial charge in [-0.15, -0.1) is 0 Å². The topological polar surface area (TPSA) is 56.2 Å². The summed E-state index contributed by atoms with van der Waals surface area (Å²) in [6.07, 6.45) is 3.37. The van der Waals surface area contributed by atoms with E-state index in [-0.39, 0.29) is 5.91 Å². The molecule has 0 fully saturated rings. The van der Waals surface area contributed by atoms with Gasteiger partial charge in [0.1, 0.15) is 5.75 Å². The molecule has 0 radical (unpaired) electrons. The van der Waals surface area contributed by atoms with Gasteiger partial charge in [-0.05, 0) is 37.0 Å². The van der Waals surface area contributed by atoms with Crippen molar-refractivity contribution in [3.05, 3.63) is 90.5 Å². The van der Waals surface area contributed by atoms with Gasteiger partial charge in [-0.1, -0.05) is 91.5 Å². The zero-order valence-electron chi connectivity index (χ0n) is 21.7. The van der Waals surface area contributed by atoms with E-state index in [1.54, 1.807) is 18.9 Å². The predicted octanol–water partition coefficient (Wildman–Crippen LogP) is 6.87. The largest absolute Gasteiger partial charge is 0.497 e. The molecule has 0 aliphatic carbocycles. The number of carbonyl (C=O) groups excluding carboxylic acids is 1. The molecule has 6 heteroatoms. The van der Waals surface area contributed by atoms with Crippen molar-refractivity contribution in [2.45, 2.75) is 44.3 Å². The fraction of sp³-hybridized carbons (Fsp3) is 0.290. The Morgan fingerprint density at radius 3 is 2.24 bits per heavy atom. The molecule has 0 atom stereocenters. The van der Waals surface area contributed by atoms with Gasteiger partial charge in [-0.2, -0.15) is 0 Å². The summed E-state index contributed by atoms with van der Waals surface area (Å²) in [6.45, 7) is 3.82. The molecule has 4 rings (SSSR count). The van der Waals surface area contributed by atoms with Gasteiger partial charge in [0.2, 0.25) is 5.91 Å². The summed E-state index contributed by atoms with van der Waals surface area (Å²) in [6, 6.07) is 28.6. The second-order valence-electron chi connectivity index (χ2n) is 8.91. The average molecular weight is 514 g/mol. The number of benzene rings is 3. The Labute approximate surface area is 224 Å². The van der Waals surface area contributed by atoms with Crippen molar-refractivity contribution in [1.82, 2.24) is 14.9 Å². The standard InChI is InChI=1S/C31H35N3O2S/c1-3-21-34-30(26-14-8-5-9-15-26)29(25-12-6-4-7-13-25)33-31(34)37-22-11-10-20-32-28(35)23-24-16-18-27(36-2)19-17-24/h4-9,12-19H,3,10-11,20-23H2,1-2H3,(H,32,35). The minimum atomic E-state index is 0.0521. The number of nitrogens with zero attached hydrogens (tertiary/aromatic N) is 2. The van der Waals surface area contributed by atoms with E-state index in [0.717, 1.165) is 59.3 Å². The Morgan fingerprint density at radius 1 is 0.919 bits per heavy atom. The van der Waals surface area contributed by atoms with Crippen LogP contribution in [-0.4, -0.2) is 34.9 Å². The van der Waals surface area contributed by atoms with Crippen molar-refractivity contribution >= 4 is 17.7 Å². The van der Waals surface area contributed by atoms with Crippen LogP contribution in [0.4, 0.5) is 0 Å².